The Morgan fingerprint density at radius 2 is 1.80 bits per heavy atom. The van der Waals surface area contributed by atoms with Crippen molar-refractivity contribution in [3.63, 3.8) is 0 Å². The molecule has 1 heterocycles. The minimum absolute atomic E-state index is 0.0197. The first-order chi connectivity index (χ1) is 14.4. The average Bonchev–Trinajstić information content (AvgIpc) is 2.72. The van der Waals surface area contributed by atoms with Crippen molar-refractivity contribution in [1.29, 1.82) is 0 Å². The number of benzene rings is 1. The molecule has 0 saturated heterocycles. The molecule has 1 aromatic carbocycles. The fourth-order valence-electron chi connectivity index (χ4n) is 6.16. The molecule has 0 radical (unpaired) electrons. The molecule has 30 heavy (non-hydrogen) atoms. The predicted molar refractivity (Wildman–Crippen MR) is 108 cm³/mol. The van der Waals surface area contributed by atoms with Crippen molar-refractivity contribution in [2.75, 3.05) is 0 Å². The number of rotatable bonds is 5. The summed E-state index contributed by atoms with van der Waals surface area (Å²) in [6.07, 6.45) is 6.58. The van der Waals surface area contributed by atoms with E-state index in [4.69, 9.17) is 4.74 Å². The van der Waals surface area contributed by atoms with E-state index in [1.807, 2.05) is 0 Å². The van der Waals surface area contributed by atoms with Crippen LogP contribution in [0.15, 0.2) is 29.1 Å². The fourth-order valence-corrected chi connectivity index (χ4v) is 6.16. The van der Waals surface area contributed by atoms with Gasteiger partial charge in [0.15, 0.2) is 6.73 Å². The molecule has 0 unspecified atom stereocenters. The zero-order chi connectivity index (χ0) is 20.9. The van der Waals surface area contributed by atoms with Crippen LogP contribution in [0.1, 0.15) is 45.4 Å². The van der Waals surface area contributed by atoms with Gasteiger partial charge in [0, 0.05) is 5.41 Å². The Kier molecular flexibility index (Phi) is 4.60. The maximum atomic E-state index is 13.1. The van der Waals surface area contributed by atoms with Gasteiger partial charge < -0.3 is 10.1 Å². The van der Waals surface area contributed by atoms with Crippen molar-refractivity contribution in [3.8, 4) is 0 Å². The van der Waals surface area contributed by atoms with E-state index in [9.17, 15) is 14.4 Å². The van der Waals surface area contributed by atoms with Crippen LogP contribution < -0.4 is 10.9 Å². The first-order valence-electron chi connectivity index (χ1n) is 10.7. The summed E-state index contributed by atoms with van der Waals surface area (Å²) in [5.41, 5.74) is -0.204. The Morgan fingerprint density at radius 3 is 2.47 bits per heavy atom. The number of nitrogens with one attached hydrogen (secondary N) is 1. The molecular formula is C22H26N4O4. The zero-order valence-electron chi connectivity index (χ0n) is 17.0. The summed E-state index contributed by atoms with van der Waals surface area (Å²) in [4.78, 5) is 38.0. The number of ether oxygens (including phenoxy) is 1. The minimum atomic E-state index is -0.783. The number of fused-ring (bicyclic) bond motifs is 1. The van der Waals surface area contributed by atoms with E-state index in [0.29, 0.717) is 28.7 Å². The summed E-state index contributed by atoms with van der Waals surface area (Å²) in [6, 6.07) is 6.08. The number of hydrogen-bond acceptors (Lipinski definition) is 6. The van der Waals surface area contributed by atoms with E-state index in [-0.39, 0.29) is 23.6 Å². The number of amides is 1. The van der Waals surface area contributed by atoms with E-state index in [1.54, 1.807) is 31.2 Å². The van der Waals surface area contributed by atoms with Gasteiger partial charge in [-0.1, -0.05) is 17.3 Å². The molecule has 4 aliphatic carbocycles. The highest BCUT2D eigenvalue weighted by atomic mass is 16.5. The standard InChI is InChI=1S/C22H26N4O4/c1-13(23-21(29)22-9-14-6-15(10-22)8-16(7-14)11-22)20(28)30-12-26-19(27)17-4-2-3-5-18(17)24-25-26/h2-5,13-16H,6-12H2,1H3,(H,23,29)/t13-,14?,15?,16?,22?/m0/s1. The lowest BCUT2D eigenvalue weighted by Gasteiger charge is -2.55. The molecule has 158 valence electrons. The van der Waals surface area contributed by atoms with Gasteiger partial charge in [-0.25, -0.2) is 4.79 Å². The van der Waals surface area contributed by atoms with Crippen LogP contribution in [-0.4, -0.2) is 32.9 Å². The molecular weight excluding hydrogens is 384 g/mol. The van der Waals surface area contributed by atoms with Gasteiger partial charge in [-0.3, -0.25) is 9.59 Å². The van der Waals surface area contributed by atoms with Crippen LogP contribution in [0.2, 0.25) is 0 Å². The largest absolute Gasteiger partial charge is 0.441 e. The third-order valence-electron chi connectivity index (χ3n) is 7.18. The molecule has 1 N–H and O–H groups in total. The Balaban J connectivity index is 1.21. The van der Waals surface area contributed by atoms with Gasteiger partial charge in [0.05, 0.1) is 5.39 Å². The third-order valence-corrected chi connectivity index (χ3v) is 7.18. The second-order valence-corrected chi connectivity index (χ2v) is 9.40. The van der Waals surface area contributed by atoms with Crippen LogP contribution in [0, 0.1) is 23.2 Å². The number of nitrogens with zero attached hydrogens (tertiary/aromatic N) is 3. The van der Waals surface area contributed by atoms with E-state index in [0.717, 1.165) is 23.9 Å². The highest BCUT2D eigenvalue weighted by Crippen LogP contribution is 2.60. The van der Waals surface area contributed by atoms with Gasteiger partial charge in [0.25, 0.3) is 5.56 Å². The first-order valence-corrected chi connectivity index (χ1v) is 10.7. The molecule has 8 nitrogen and oxygen atoms in total. The molecule has 8 heteroatoms. The van der Waals surface area contributed by atoms with Gasteiger partial charge in [-0.2, -0.15) is 4.68 Å². The molecule has 2 aromatic rings. The average molecular weight is 410 g/mol. The maximum absolute atomic E-state index is 13.1. The molecule has 4 saturated carbocycles. The second kappa shape index (κ2) is 7.18. The van der Waals surface area contributed by atoms with E-state index in [1.165, 1.54) is 19.3 Å². The van der Waals surface area contributed by atoms with Crippen LogP contribution in [0.25, 0.3) is 10.9 Å². The monoisotopic (exact) mass is 410 g/mol. The lowest BCUT2D eigenvalue weighted by Crippen LogP contribution is -2.56. The fraction of sp³-hybridized carbons (Fsp3) is 0.591. The molecule has 1 amide bonds. The normalized spacial score (nSPS) is 30.2. The van der Waals surface area contributed by atoms with Crippen molar-refractivity contribution >= 4 is 22.8 Å². The quantitative estimate of drug-likeness (QED) is 0.757. The van der Waals surface area contributed by atoms with Gasteiger partial charge >= 0.3 is 5.97 Å². The molecule has 4 bridgehead atoms. The van der Waals surface area contributed by atoms with Crippen LogP contribution >= 0.6 is 0 Å². The summed E-state index contributed by atoms with van der Waals surface area (Å²) in [6.45, 7) is 1.28. The van der Waals surface area contributed by atoms with Crippen molar-refractivity contribution < 1.29 is 14.3 Å². The molecule has 6 rings (SSSR count). The maximum Gasteiger partial charge on any atom is 0.330 e. The summed E-state index contributed by atoms with van der Waals surface area (Å²) in [5, 5.41) is 11.1. The zero-order valence-corrected chi connectivity index (χ0v) is 17.0. The van der Waals surface area contributed by atoms with Gasteiger partial charge in [0.1, 0.15) is 11.6 Å². The van der Waals surface area contributed by atoms with Crippen LogP contribution in [-0.2, 0) is 21.1 Å². The van der Waals surface area contributed by atoms with Crippen molar-refractivity contribution in [3.05, 3.63) is 34.6 Å². The molecule has 4 fully saturated rings. The predicted octanol–water partition coefficient (Wildman–Crippen LogP) is 2.01. The molecule has 0 aliphatic heterocycles. The van der Waals surface area contributed by atoms with Crippen molar-refractivity contribution in [2.24, 2.45) is 23.2 Å². The second-order valence-electron chi connectivity index (χ2n) is 9.40. The lowest BCUT2D eigenvalue weighted by molar-refractivity contribution is -0.156. The van der Waals surface area contributed by atoms with Gasteiger partial charge in [-0.15, -0.1) is 5.10 Å². The Hall–Kier alpha value is -2.77. The minimum Gasteiger partial charge on any atom is -0.441 e. The highest BCUT2D eigenvalue weighted by molar-refractivity contribution is 5.88. The number of carbonyl (C=O) groups is 2. The van der Waals surface area contributed by atoms with E-state index in [2.05, 4.69) is 15.6 Å². The lowest BCUT2D eigenvalue weighted by atomic mass is 9.49. The first kappa shape index (κ1) is 19.2. The number of hydrogen-bond donors (Lipinski definition) is 1. The van der Waals surface area contributed by atoms with E-state index >= 15 is 0 Å². The summed E-state index contributed by atoms with van der Waals surface area (Å²) >= 11 is 0. The molecule has 1 aromatic heterocycles. The SMILES string of the molecule is C[C@H](NC(=O)C12CC3CC(CC(C3)C1)C2)C(=O)OCn1nnc2ccccc2c1=O. The topological polar surface area (TPSA) is 103 Å². The smallest absolute Gasteiger partial charge is 0.330 e. The molecule has 0 spiro atoms. The summed E-state index contributed by atoms with van der Waals surface area (Å²) in [7, 11) is 0. The Bertz CT molecular complexity index is 1030. The van der Waals surface area contributed by atoms with Crippen molar-refractivity contribution in [1.82, 2.24) is 20.3 Å². The summed E-state index contributed by atoms with van der Waals surface area (Å²) < 4.78 is 6.25. The third kappa shape index (κ3) is 3.28. The van der Waals surface area contributed by atoms with Crippen molar-refractivity contribution in [2.45, 2.75) is 58.2 Å². The Labute approximate surface area is 174 Å². The highest BCUT2D eigenvalue weighted by Gasteiger charge is 2.54. The van der Waals surface area contributed by atoms with Gasteiger partial charge in [-0.05, 0) is 75.3 Å². The molecule has 1 atom stereocenters. The van der Waals surface area contributed by atoms with Crippen LogP contribution in [0.5, 0.6) is 0 Å². The Morgan fingerprint density at radius 1 is 1.17 bits per heavy atom. The summed E-state index contributed by atoms with van der Waals surface area (Å²) in [5.74, 6) is 1.36. The van der Waals surface area contributed by atoms with Crippen LogP contribution in [0.4, 0.5) is 0 Å². The van der Waals surface area contributed by atoms with Gasteiger partial charge in [0.2, 0.25) is 5.91 Å². The van der Waals surface area contributed by atoms with Crippen LogP contribution in [0.3, 0.4) is 0 Å². The number of aromatic nitrogens is 3. The van der Waals surface area contributed by atoms with E-state index < -0.39 is 12.0 Å². The number of carbonyl (C=O) groups excluding carboxylic acids is 2. The molecule has 4 aliphatic rings. The number of esters is 1.